The Bertz CT molecular complexity index is 545. The van der Waals surface area contributed by atoms with E-state index in [1.165, 1.54) is 0 Å². The predicted octanol–water partition coefficient (Wildman–Crippen LogP) is -0.863. The van der Waals surface area contributed by atoms with Gasteiger partial charge in [-0.1, -0.05) is 5.75 Å². The Hall–Kier alpha value is -2.37. The van der Waals surface area contributed by atoms with Crippen molar-refractivity contribution in [2.24, 2.45) is 0 Å². The van der Waals surface area contributed by atoms with Crippen molar-refractivity contribution in [3.05, 3.63) is 33.5 Å². The monoisotopic (exact) mass is 207 g/mol. The molecule has 1 aliphatic heterocycles. The van der Waals surface area contributed by atoms with Crippen LogP contribution in [-0.4, -0.2) is 17.0 Å². The summed E-state index contributed by atoms with van der Waals surface area (Å²) in [6.07, 6.45) is 0. The van der Waals surface area contributed by atoms with Crippen LogP contribution in [0.25, 0.3) is 0 Å². The van der Waals surface area contributed by atoms with Crippen LogP contribution in [0.3, 0.4) is 0 Å². The van der Waals surface area contributed by atoms with Gasteiger partial charge in [-0.3, -0.25) is 4.79 Å². The van der Waals surface area contributed by atoms with Gasteiger partial charge in [0.15, 0.2) is 5.75 Å². The highest BCUT2D eigenvalue weighted by molar-refractivity contribution is 6.15. The number of carbonyl (C=O) groups excluding carboxylic acids is 2. The molecule has 6 nitrogen and oxygen atoms in total. The summed E-state index contributed by atoms with van der Waals surface area (Å²) in [5, 5.41) is 20.3. The summed E-state index contributed by atoms with van der Waals surface area (Å²) >= 11 is 0. The molecule has 1 aromatic rings. The Morgan fingerprint density at radius 1 is 1.13 bits per heavy atom. The van der Waals surface area contributed by atoms with Crippen molar-refractivity contribution < 1.29 is 24.5 Å². The second kappa shape index (κ2) is 2.81. The lowest BCUT2D eigenvalue weighted by atomic mass is 10.2. The number of fused-ring (bicyclic) bond motifs is 1. The molecular formula is C9H3O6-. The maximum absolute atomic E-state index is 11.3. The Morgan fingerprint density at radius 2 is 1.80 bits per heavy atom. The van der Waals surface area contributed by atoms with Crippen LogP contribution in [0.2, 0.25) is 0 Å². The predicted molar refractivity (Wildman–Crippen MR) is 43.6 cm³/mol. The zero-order valence-electron chi connectivity index (χ0n) is 7.14. The standard InChI is InChI=1S/C9H4O6/c10-4-1-3-7(6(12)2-5(4)11)9(14)15-8(3)13/h1-2,12H,(H,10,11)/p-1. The molecule has 76 valence electrons. The second-order valence-electron chi connectivity index (χ2n) is 2.87. The third-order valence-electron chi connectivity index (χ3n) is 1.92. The average Bonchev–Trinajstić information content (AvgIpc) is 2.34. The number of hydrogen-bond donors (Lipinski definition) is 1. The molecule has 1 aliphatic rings. The molecule has 6 heteroatoms. The van der Waals surface area contributed by atoms with E-state index in [2.05, 4.69) is 4.74 Å². The SMILES string of the molecule is O=C1OC(=O)c2c([O-])cc(O)c(=O)cc21. The molecule has 0 amide bonds. The van der Waals surface area contributed by atoms with Crippen molar-refractivity contribution in [2.75, 3.05) is 0 Å². The van der Waals surface area contributed by atoms with Crippen LogP contribution in [0.1, 0.15) is 20.7 Å². The summed E-state index contributed by atoms with van der Waals surface area (Å²) in [5.41, 5.74) is -1.84. The van der Waals surface area contributed by atoms with Crippen LogP contribution in [0.5, 0.6) is 11.5 Å². The molecule has 0 aromatic heterocycles. The van der Waals surface area contributed by atoms with Gasteiger partial charge in [-0.25, -0.2) is 9.59 Å². The Kier molecular flexibility index (Phi) is 1.72. The van der Waals surface area contributed by atoms with Gasteiger partial charge < -0.3 is 14.9 Å². The minimum absolute atomic E-state index is 0.407. The van der Waals surface area contributed by atoms with E-state index in [4.69, 9.17) is 5.11 Å². The number of esters is 2. The maximum Gasteiger partial charge on any atom is 0.347 e. The van der Waals surface area contributed by atoms with E-state index in [0.29, 0.717) is 12.1 Å². The van der Waals surface area contributed by atoms with Crippen molar-refractivity contribution in [1.82, 2.24) is 0 Å². The molecule has 0 atom stereocenters. The fourth-order valence-corrected chi connectivity index (χ4v) is 1.24. The lowest BCUT2D eigenvalue weighted by molar-refractivity contribution is -0.268. The van der Waals surface area contributed by atoms with Gasteiger partial charge in [-0.05, 0) is 6.07 Å². The molecule has 0 bridgehead atoms. The highest BCUT2D eigenvalue weighted by Crippen LogP contribution is 2.25. The first kappa shape index (κ1) is 9.20. The van der Waals surface area contributed by atoms with Gasteiger partial charge in [-0.2, -0.15) is 0 Å². The Balaban J connectivity index is 2.93. The molecule has 1 heterocycles. The summed E-state index contributed by atoms with van der Waals surface area (Å²) in [5.74, 6) is -3.88. The van der Waals surface area contributed by atoms with Crippen LogP contribution in [0.4, 0.5) is 0 Å². The van der Waals surface area contributed by atoms with Gasteiger partial charge in [0.2, 0.25) is 5.43 Å². The van der Waals surface area contributed by atoms with E-state index in [0.717, 1.165) is 0 Å². The first-order valence-corrected chi connectivity index (χ1v) is 3.85. The fourth-order valence-electron chi connectivity index (χ4n) is 1.24. The fraction of sp³-hybridized carbons (Fsp3) is 0. The van der Waals surface area contributed by atoms with Gasteiger partial charge in [0.25, 0.3) is 0 Å². The summed E-state index contributed by atoms with van der Waals surface area (Å²) < 4.78 is 4.15. The summed E-state index contributed by atoms with van der Waals surface area (Å²) in [4.78, 5) is 33.1. The highest BCUT2D eigenvalue weighted by Gasteiger charge is 2.30. The van der Waals surface area contributed by atoms with E-state index >= 15 is 0 Å². The number of rotatable bonds is 0. The van der Waals surface area contributed by atoms with Gasteiger partial charge in [0, 0.05) is 6.07 Å². The van der Waals surface area contributed by atoms with Gasteiger partial charge in [-0.15, -0.1) is 0 Å². The first-order chi connectivity index (χ1) is 7.00. The summed E-state index contributed by atoms with van der Waals surface area (Å²) in [7, 11) is 0. The highest BCUT2D eigenvalue weighted by atomic mass is 16.6. The van der Waals surface area contributed by atoms with Gasteiger partial charge in [0.05, 0.1) is 11.1 Å². The summed E-state index contributed by atoms with van der Waals surface area (Å²) in [6, 6.07) is 1.29. The number of aromatic hydroxyl groups is 1. The van der Waals surface area contributed by atoms with Crippen LogP contribution in [-0.2, 0) is 4.74 Å². The Morgan fingerprint density at radius 3 is 2.47 bits per heavy atom. The van der Waals surface area contributed by atoms with Crippen LogP contribution >= 0.6 is 0 Å². The van der Waals surface area contributed by atoms with Crippen molar-refractivity contribution in [2.45, 2.75) is 0 Å². The lowest BCUT2D eigenvalue weighted by Gasteiger charge is -2.03. The third-order valence-corrected chi connectivity index (χ3v) is 1.92. The number of carbonyl (C=O) groups is 2. The van der Waals surface area contributed by atoms with Crippen LogP contribution < -0.4 is 10.5 Å². The van der Waals surface area contributed by atoms with Crippen molar-refractivity contribution >= 4 is 11.9 Å². The number of hydrogen-bond acceptors (Lipinski definition) is 6. The van der Waals surface area contributed by atoms with E-state index in [1.54, 1.807) is 0 Å². The summed E-state index contributed by atoms with van der Waals surface area (Å²) in [6.45, 7) is 0. The molecule has 15 heavy (non-hydrogen) atoms. The average molecular weight is 207 g/mol. The molecular weight excluding hydrogens is 204 g/mol. The first-order valence-electron chi connectivity index (χ1n) is 3.85. The minimum Gasteiger partial charge on any atom is -0.872 e. The molecule has 1 aromatic carbocycles. The quantitative estimate of drug-likeness (QED) is 0.438. The molecule has 0 unspecified atom stereocenters. The van der Waals surface area contributed by atoms with E-state index in [9.17, 15) is 19.5 Å². The normalized spacial score (nSPS) is 13.6. The zero-order chi connectivity index (χ0) is 11.2. The van der Waals surface area contributed by atoms with E-state index in [-0.39, 0.29) is 0 Å². The van der Waals surface area contributed by atoms with Gasteiger partial charge in [0.1, 0.15) is 0 Å². The molecule has 0 fully saturated rings. The molecule has 0 saturated carbocycles. The lowest BCUT2D eigenvalue weighted by Crippen LogP contribution is -2.02. The number of ether oxygens (including phenoxy) is 1. The van der Waals surface area contributed by atoms with E-state index < -0.39 is 40.0 Å². The third kappa shape index (κ3) is 1.23. The molecule has 1 N–H and O–H groups in total. The molecule has 0 saturated heterocycles. The van der Waals surface area contributed by atoms with Crippen molar-refractivity contribution in [3.8, 4) is 11.5 Å². The van der Waals surface area contributed by atoms with Crippen LogP contribution in [0.15, 0.2) is 16.9 Å². The molecule has 2 rings (SSSR count). The Labute approximate surface area is 82.4 Å². The molecule has 0 aliphatic carbocycles. The smallest absolute Gasteiger partial charge is 0.347 e. The largest absolute Gasteiger partial charge is 0.872 e. The molecule has 0 radical (unpaired) electrons. The van der Waals surface area contributed by atoms with Gasteiger partial charge >= 0.3 is 11.9 Å². The van der Waals surface area contributed by atoms with Crippen molar-refractivity contribution in [3.63, 3.8) is 0 Å². The maximum atomic E-state index is 11.3. The zero-order valence-corrected chi connectivity index (χ0v) is 7.14. The van der Waals surface area contributed by atoms with Crippen molar-refractivity contribution in [1.29, 1.82) is 0 Å². The number of cyclic esters (lactones) is 2. The van der Waals surface area contributed by atoms with E-state index in [1.807, 2.05) is 0 Å². The second-order valence-corrected chi connectivity index (χ2v) is 2.87. The topological polar surface area (TPSA) is 104 Å². The van der Waals surface area contributed by atoms with Crippen LogP contribution in [0, 0.1) is 0 Å². The minimum atomic E-state index is -1.10. The molecule has 0 spiro atoms.